The molecule has 4 aromatic rings. The van der Waals surface area contributed by atoms with Gasteiger partial charge in [-0.2, -0.15) is 5.26 Å². The number of carbonyl (C=O) groups excluding carboxylic acids is 1. The first-order valence-corrected chi connectivity index (χ1v) is 11.7. The molecule has 0 saturated heterocycles. The number of Topliss-reactive ketones (excluding diaryl/α,β-unsaturated/α-hetero) is 1. The maximum atomic E-state index is 15.0. The van der Waals surface area contributed by atoms with E-state index < -0.39 is 0 Å². The predicted octanol–water partition coefficient (Wildman–Crippen LogP) is 5.81. The average molecular weight is 461 g/mol. The molecule has 6 rings (SSSR count). The molecule has 0 spiro atoms. The lowest BCUT2D eigenvalue weighted by molar-refractivity contribution is -0.120. The summed E-state index contributed by atoms with van der Waals surface area (Å²) in [6.07, 6.45) is 4.88. The number of allylic oxidation sites excluding steroid dienone is 2. The van der Waals surface area contributed by atoms with Crippen molar-refractivity contribution in [3.05, 3.63) is 89.5 Å². The third kappa shape index (κ3) is 3.43. The fourth-order valence-electron chi connectivity index (χ4n) is 5.47. The van der Waals surface area contributed by atoms with Crippen LogP contribution in [0.1, 0.15) is 30.5 Å². The van der Waals surface area contributed by atoms with Crippen molar-refractivity contribution >= 4 is 16.7 Å². The van der Waals surface area contributed by atoms with Gasteiger partial charge in [-0.3, -0.25) is 9.78 Å². The first-order chi connectivity index (χ1) is 17.0. The summed E-state index contributed by atoms with van der Waals surface area (Å²) in [6, 6.07) is 18.5. The third-order valence-electron chi connectivity index (χ3n) is 7.31. The van der Waals surface area contributed by atoms with E-state index in [-0.39, 0.29) is 34.9 Å². The second-order valence-electron chi connectivity index (χ2n) is 9.23. The van der Waals surface area contributed by atoms with Crippen molar-refractivity contribution < 1.29 is 9.18 Å². The Morgan fingerprint density at radius 2 is 1.89 bits per heavy atom. The largest absolute Gasteiger partial charge is 0.293 e. The van der Waals surface area contributed by atoms with E-state index in [1.54, 1.807) is 30.5 Å². The molecule has 0 bridgehead atoms. The number of para-hydroxylation sites is 1. The molecular weight excluding hydrogens is 439 g/mol. The topological polar surface area (TPSA) is 79.5 Å². The summed E-state index contributed by atoms with van der Waals surface area (Å²) in [5.74, 6) is -0.444. The number of ketones is 1. The van der Waals surface area contributed by atoms with Crippen molar-refractivity contribution in [3.63, 3.8) is 0 Å². The van der Waals surface area contributed by atoms with Crippen molar-refractivity contribution in [2.75, 3.05) is 0 Å². The smallest absolute Gasteiger partial charge is 0.176 e. The van der Waals surface area contributed by atoms with Gasteiger partial charge in [0, 0.05) is 40.1 Å². The van der Waals surface area contributed by atoms with Gasteiger partial charge in [-0.25, -0.2) is 14.4 Å². The summed E-state index contributed by atoms with van der Waals surface area (Å²) < 4.78 is 15.0. The minimum absolute atomic E-state index is 0.0399. The van der Waals surface area contributed by atoms with Crippen LogP contribution in [0.25, 0.3) is 33.5 Å². The number of nitrogens with zero attached hydrogens (tertiary/aromatic N) is 4. The molecule has 0 saturated carbocycles. The molecule has 0 amide bonds. The lowest BCUT2D eigenvalue weighted by Crippen LogP contribution is -2.35. The lowest BCUT2D eigenvalue weighted by atomic mass is 9.66. The molecule has 2 aliphatic rings. The molecule has 5 nitrogen and oxygen atoms in total. The van der Waals surface area contributed by atoms with Crippen LogP contribution in [0.4, 0.5) is 4.39 Å². The Kier molecular flexibility index (Phi) is 5.00. The Labute approximate surface area is 202 Å². The first kappa shape index (κ1) is 21.3. The van der Waals surface area contributed by atoms with Crippen LogP contribution in [0, 0.1) is 29.0 Å². The van der Waals surface area contributed by atoms with Gasteiger partial charge in [0.2, 0.25) is 0 Å². The highest BCUT2D eigenvalue weighted by Gasteiger charge is 2.42. The molecule has 0 radical (unpaired) electrons. The Morgan fingerprint density at radius 3 is 2.71 bits per heavy atom. The monoisotopic (exact) mass is 460 g/mol. The normalized spacial score (nSPS) is 21.1. The molecule has 3 atom stereocenters. The van der Waals surface area contributed by atoms with E-state index in [1.807, 2.05) is 37.3 Å². The summed E-state index contributed by atoms with van der Waals surface area (Å²) in [4.78, 5) is 27.1. The second-order valence-corrected chi connectivity index (χ2v) is 9.23. The summed E-state index contributed by atoms with van der Waals surface area (Å²) in [5, 5.41) is 10.5. The SMILES string of the molecule is CC1C(=O)C(C#N)=CC2c3nc(-c4cnc5ccccc5c4)nc(-c4ccccc4F)c3CCC12. The quantitative estimate of drug-likeness (QED) is 0.377. The summed E-state index contributed by atoms with van der Waals surface area (Å²) >= 11 is 0. The molecule has 2 aromatic carbocycles. The summed E-state index contributed by atoms with van der Waals surface area (Å²) in [7, 11) is 0. The molecule has 0 aliphatic heterocycles. The molecule has 2 aliphatic carbocycles. The molecule has 2 aromatic heterocycles. The van der Waals surface area contributed by atoms with E-state index in [9.17, 15) is 14.4 Å². The molecule has 0 N–H and O–H groups in total. The van der Waals surface area contributed by atoms with Gasteiger partial charge in [0.25, 0.3) is 0 Å². The van der Waals surface area contributed by atoms with Crippen molar-refractivity contribution in [2.24, 2.45) is 11.8 Å². The molecule has 0 fully saturated rings. The van der Waals surface area contributed by atoms with Crippen molar-refractivity contribution in [1.82, 2.24) is 15.0 Å². The number of fused-ring (bicyclic) bond motifs is 4. The molecule has 170 valence electrons. The van der Waals surface area contributed by atoms with E-state index in [0.717, 1.165) is 34.1 Å². The van der Waals surface area contributed by atoms with Gasteiger partial charge in [-0.15, -0.1) is 0 Å². The highest BCUT2D eigenvalue weighted by molar-refractivity contribution is 6.01. The van der Waals surface area contributed by atoms with Gasteiger partial charge in [0.15, 0.2) is 11.6 Å². The first-order valence-electron chi connectivity index (χ1n) is 11.7. The van der Waals surface area contributed by atoms with Crippen LogP contribution in [0.15, 0.2) is 72.4 Å². The number of aromatic nitrogens is 3. The second kappa shape index (κ2) is 8.21. The van der Waals surface area contributed by atoms with Gasteiger partial charge < -0.3 is 0 Å². The number of nitriles is 1. The van der Waals surface area contributed by atoms with Crippen LogP contribution in [0.5, 0.6) is 0 Å². The maximum Gasteiger partial charge on any atom is 0.176 e. The predicted molar refractivity (Wildman–Crippen MR) is 131 cm³/mol. The fourth-order valence-corrected chi connectivity index (χ4v) is 5.47. The Balaban J connectivity index is 1.62. The van der Waals surface area contributed by atoms with E-state index in [1.165, 1.54) is 6.07 Å². The summed E-state index contributed by atoms with van der Waals surface area (Å²) in [6.45, 7) is 1.89. The maximum absolute atomic E-state index is 15.0. The van der Waals surface area contributed by atoms with Gasteiger partial charge in [0.1, 0.15) is 11.9 Å². The molecule has 2 heterocycles. The minimum Gasteiger partial charge on any atom is -0.293 e. The van der Waals surface area contributed by atoms with Crippen LogP contribution >= 0.6 is 0 Å². The highest BCUT2D eigenvalue weighted by atomic mass is 19.1. The van der Waals surface area contributed by atoms with Crippen LogP contribution in [0.2, 0.25) is 0 Å². The highest BCUT2D eigenvalue weighted by Crippen LogP contribution is 2.47. The van der Waals surface area contributed by atoms with Crippen molar-refractivity contribution in [3.8, 4) is 28.7 Å². The zero-order valence-electron chi connectivity index (χ0n) is 19.1. The number of halogens is 1. The zero-order valence-corrected chi connectivity index (χ0v) is 19.1. The summed E-state index contributed by atoms with van der Waals surface area (Å²) in [5.41, 5.74) is 4.40. The molecule has 6 heteroatoms. The number of hydrogen-bond acceptors (Lipinski definition) is 5. The minimum atomic E-state index is -0.349. The van der Waals surface area contributed by atoms with E-state index in [0.29, 0.717) is 23.5 Å². The molecular formula is C29H21FN4O. The Morgan fingerprint density at radius 1 is 1.09 bits per heavy atom. The lowest BCUT2D eigenvalue weighted by Gasteiger charge is -2.38. The van der Waals surface area contributed by atoms with Crippen LogP contribution in [0.3, 0.4) is 0 Å². The fraction of sp³-hybridized carbons (Fsp3) is 0.207. The van der Waals surface area contributed by atoms with E-state index >= 15 is 0 Å². The van der Waals surface area contributed by atoms with Crippen molar-refractivity contribution in [2.45, 2.75) is 25.7 Å². The van der Waals surface area contributed by atoms with Gasteiger partial charge in [-0.1, -0.05) is 43.3 Å². The van der Waals surface area contributed by atoms with E-state index in [2.05, 4.69) is 11.1 Å². The standard InChI is InChI=1S/C29H21FN4O/c1-16-20-10-11-22-26(21-7-3-4-8-24(21)30)33-29(19-12-17-6-2-5-9-25(17)32-15-19)34-27(22)23(20)13-18(14-31)28(16)35/h2-9,12-13,15-16,20,23H,10-11H2,1H3. The average Bonchev–Trinajstić information content (AvgIpc) is 2.90. The number of pyridine rings is 1. The van der Waals surface area contributed by atoms with Gasteiger partial charge in [0.05, 0.1) is 22.5 Å². The third-order valence-corrected chi connectivity index (χ3v) is 7.31. The van der Waals surface area contributed by atoms with Crippen molar-refractivity contribution in [1.29, 1.82) is 5.26 Å². The Bertz CT molecular complexity index is 1590. The molecule has 3 unspecified atom stereocenters. The molecule has 35 heavy (non-hydrogen) atoms. The zero-order chi connectivity index (χ0) is 24.1. The Hall–Kier alpha value is -4.24. The van der Waals surface area contributed by atoms with Crippen LogP contribution < -0.4 is 0 Å². The van der Waals surface area contributed by atoms with Gasteiger partial charge in [-0.05, 0) is 43.0 Å². The van der Waals surface area contributed by atoms with Gasteiger partial charge >= 0.3 is 0 Å². The number of carbonyl (C=O) groups is 1. The van der Waals surface area contributed by atoms with Crippen LogP contribution in [-0.2, 0) is 11.2 Å². The van der Waals surface area contributed by atoms with E-state index in [4.69, 9.17) is 9.97 Å². The number of rotatable bonds is 2. The number of hydrogen-bond donors (Lipinski definition) is 0. The van der Waals surface area contributed by atoms with Crippen LogP contribution in [-0.4, -0.2) is 20.7 Å². The number of benzene rings is 2.